The highest BCUT2D eigenvalue weighted by Gasteiger charge is 2.14. The molecular weight excluding hydrogens is 308 g/mol. The third kappa shape index (κ3) is 3.68. The topological polar surface area (TPSA) is 104 Å². The molecule has 0 fully saturated rings. The van der Waals surface area contributed by atoms with Crippen LogP contribution >= 0.6 is 11.8 Å². The molecule has 0 amide bonds. The second kappa shape index (κ2) is 6.95. The first kappa shape index (κ1) is 16.5. The van der Waals surface area contributed by atoms with E-state index in [1.54, 1.807) is 6.07 Å². The summed E-state index contributed by atoms with van der Waals surface area (Å²) >= 11 is 1.15. The van der Waals surface area contributed by atoms with E-state index >= 15 is 0 Å². The average Bonchev–Trinajstić information content (AvgIpc) is 2.52. The Morgan fingerprint density at radius 2 is 1.91 bits per heavy atom. The zero-order valence-corrected chi connectivity index (χ0v) is 13.6. The molecule has 114 valence electrons. The van der Waals surface area contributed by atoms with Crippen LogP contribution in [0.5, 0.6) is 0 Å². The molecule has 5 nitrogen and oxygen atoms in total. The second-order valence-corrected chi connectivity index (χ2v) is 5.99. The molecule has 0 aliphatic carbocycles. The third-order valence-corrected chi connectivity index (χ3v) is 4.27. The van der Waals surface area contributed by atoms with Crippen LogP contribution in [0.2, 0.25) is 0 Å². The highest BCUT2D eigenvalue weighted by atomic mass is 32.2. The molecule has 0 atom stereocenters. The van der Waals surface area contributed by atoms with E-state index in [9.17, 15) is 4.79 Å². The highest BCUT2D eigenvalue weighted by Crippen LogP contribution is 2.25. The van der Waals surface area contributed by atoms with Gasteiger partial charge in [0.1, 0.15) is 23.0 Å². The van der Waals surface area contributed by atoms with Crippen molar-refractivity contribution in [3.63, 3.8) is 0 Å². The number of carbonyl (C=O) groups is 1. The summed E-state index contributed by atoms with van der Waals surface area (Å²) in [5, 5.41) is 18.4. The maximum atomic E-state index is 12.3. The number of pyridine rings is 1. The number of Topliss-reactive ketones (excluding diaryl/α,β-unsaturated/α-hetero) is 1. The normalized spacial score (nSPS) is 9.91. The Hall–Kier alpha value is -2.83. The van der Waals surface area contributed by atoms with Gasteiger partial charge in [0.05, 0.1) is 16.9 Å². The fraction of sp³-hybridized carbons (Fsp3) is 0.176. The molecule has 1 heterocycles. The number of nitrogens with zero attached hydrogens (tertiary/aromatic N) is 3. The number of benzene rings is 1. The van der Waals surface area contributed by atoms with Crippen molar-refractivity contribution in [2.45, 2.75) is 18.9 Å². The lowest BCUT2D eigenvalue weighted by molar-refractivity contribution is 0.102. The minimum absolute atomic E-state index is 0.0406. The van der Waals surface area contributed by atoms with Gasteiger partial charge in [-0.3, -0.25) is 4.79 Å². The van der Waals surface area contributed by atoms with Crippen LogP contribution in [-0.2, 0) is 0 Å². The van der Waals surface area contributed by atoms with Gasteiger partial charge >= 0.3 is 0 Å². The van der Waals surface area contributed by atoms with Crippen molar-refractivity contribution in [1.29, 1.82) is 10.5 Å². The Kier molecular flexibility index (Phi) is 5.00. The minimum atomic E-state index is -0.0406. The first-order valence-electron chi connectivity index (χ1n) is 6.80. The molecule has 23 heavy (non-hydrogen) atoms. The quantitative estimate of drug-likeness (QED) is 0.685. The fourth-order valence-electron chi connectivity index (χ4n) is 2.13. The van der Waals surface area contributed by atoms with E-state index in [0.29, 0.717) is 10.6 Å². The van der Waals surface area contributed by atoms with Crippen molar-refractivity contribution in [2.75, 3.05) is 11.5 Å². The summed E-state index contributed by atoms with van der Waals surface area (Å²) in [6.07, 6.45) is 0. The van der Waals surface area contributed by atoms with Crippen molar-refractivity contribution in [3.8, 4) is 12.1 Å². The fourth-order valence-corrected chi connectivity index (χ4v) is 2.97. The molecule has 0 bridgehead atoms. The number of ketones is 1. The summed E-state index contributed by atoms with van der Waals surface area (Å²) < 4.78 is 0. The lowest BCUT2D eigenvalue weighted by Gasteiger charge is -2.07. The molecular formula is C17H14N4OS. The number of nitrogen functional groups attached to an aromatic ring is 1. The van der Waals surface area contributed by atoms with Gasteiger partial charge < -0.3 is 5.73 Å². The standard InChI is InChI=1S/C17H14N4OS/c1-10-3-4-14(11(2)5-10)15(22)9-23-17-13(8-19)6-12(7-18)16(20)21-17/h3-6H,9H2,1-2H3,(H2,20,21). The highest BCUT2D eigenvalue weighted by molar-refractivity contribution is 8.00. The number of aromatic nitrogens is 1. The summed E-state index contributed by atoms with van der Waals surface area (Å²) in [6.45, 7) is 3.86. The van der Waals surface area contributed by atoms with Crippen LogP contribution in [0.1, 0.15) is 32.6 Å². The summed E-state index contributed by atoms with van der Waals surface area (Å²) in [5.41, 5.74) is 8.75. The Morgan fingerprint density at radius 3 is 2.52 bits per heavy atom. The van der Waals surface area contributed by atoms with Crippen molar-refractivity contribution in [3.05, 3.63) is 52.1 Å². The minimum Gasteiger partial charge on any atom is -0.383 e. The van der Waals surface area contributed by atoms with Gasteiger partial charge in [0, 0.05) is 5.56 Å². The Morgan fingerprint density at radius 1 is 1.22 bits per heavy atom. The van der Waals surface area contributed by atoms with Crippen LogP contribution < -0.4 is 5.73 Å². The van der Waals surface area contributed by atoms with Gasteiger partial charge in [-0.2, -0.15) is 10.5 Å². The molecule has 2 rings (SSSR count). The van der Waals surface area contributed by atoms with Crippen LogP contribution in [0.4, 0.5) is 5.82 Å². The van der Waals surface area contributed by atoms with Crippen molar-refractivity contribution < 1.29 is 4.79 Å². The SMILES string of the molecule is Cc1ccc(C(=O)CSc2nc(N)c(C#N)cc2C#N)c(C)c1. The number of hydrogen-bond acceptors (Lipinski definition) is 6. The molecule has 0 aliphatic rings. The largest absolute Gasteiger partial charge is 0.383 e. The molecule has 1 aromatic carbocycles. The zero-order chi connectivity index (χ0) is 17.0. The first-order valence-corrected chi connectivity index (χ1v) is 7.78. The van der Waals surface area contributed by atoms with Gasteiger partial charge in [-0.05, 0) is 25.5 Å². The van der Waals surface area contributed by atoms with Gasteiger partial charge in [0.2, 0.25) is 0 Å². The van der Waals surface area contributed by atoms with E-state index < -0.39 is 0 Å². The number of hydrogen-bond donors (Lipinski definition) is 1. The van der Waals surface area contributed by atoms with E-state index in [1.165, 1.54) is 6.07 Å². The number of nitrogens with two attached hydrogens (primary N) is 1. The van der Waals surface area contributed by atoms with E-state index in [-0.39, 0.29) is 28.5 Å². The number of anilines is 1. The molecule has 6 heteroatoms. The molecule has 0 saturated carbocycles. The lowest BCUT2D eigenvalue weighted by Crippen LogP contribution is -2.06. The van der Waals surface area contributed by atoms with E-state index in [2.05, 4.69) is 4.98 Å². The average molecular weight is 322 g/mol. The molecule has 2 aromatic rings. The van der Waals surface area contributed by atoms with Gasteiger partial charge in [0.25, 0.3) is 0 Å². The third-order valence-electron chi connectivity index (χ3n) is 3.28. The molecule has 0 unspecified atom stereocenters. The number of nitriles is 2. The molecule has 1 aromatic heterocycles. The van der Waals surface area contributed by atoms with E-state index in [1.807, 2.05) is 38.1 Å². The van der Waals surface area contributed by atoms with E-state index in [4.69, 9.17) is 16.3 Å². The Labute approximate surface area is 138 Å². The van der Waals surface area contributed by atoms with Crippen molar-refractivity contribution >= 4 is 23.4 Å². The Balaban J connectivity index is 2.21. The van der Waals surface area contributed by atoms with E-state index in [0.717, 1.165) is 22.9 Å². The second-order valence-electron chi connectivity index (χ2n) is 5.03. The maximum absolute atomic E-state index is 12.3. The van der Waals surface area contributed by atoms with Gasteiger partial charge in [-0.1, -0.05) is 35.5 Å². The van der Waals surface area contributed by atoms with Gasteiger partial charge in [-0.25, -0.2) is 4.98 Å². The van der Waals surface area contributed by atoms with Gasteiger partial charge in [-0.15, -0.1) is 0 Å². The predicted molar refractivity (Wildman–Crippen MR) is 89.0 cm³/mol. The van der Waals surface area contributed by atoms with Crippen LogP contribution in [0, 0.1) is 36.5 Å². The van der Waals surface area contributed by atoms with Crippen LogP contribution in [-0.4, -0.2) is 16.5 Å². The van der Waals surface area contributed by atoms with Crippen LogP contribution in [0.3, 0.4) is 0 Å². The summed E-state index contributed by atoms with van der Waals surface area (Å²) in [4.78, 5) is 16.4. The number of thioether (sulfide) groups is 1. The molecule has 0 saturated heterocycles. The van der Waals surface area contributed by atoms with Crippen LogP contribution in [0.15, 0.2) is 29.3 Å². The number of rotatable bonds is 4. The molecule has 2 N–H and O–H groups in total. The first-order chi connectivity index (χ1) is 11.0. The van der Waals surface area contributed by atoms with Gasteiger partial charge in [0.15, 0.2) is 5.78 Å². The molecule has 0 spiro atoms. The smallest absolute Gasteiger partial charge is 0.173 e. The maximum Gasteiger partial charge on any atom is 0.173 e. The number of carbonyl (C=O) groups excluding carboxylic acids is 1. The summed E-state index contributed by atoms with van der Waals surface area (Å²) in [7, 11) is 0. The molecule has 0 aliphatic heterocycles. The van der Waals surface area contributed by atoms with Crippen molar-refractivity contribution in [1.82, 2.24) is 4.98 Å². The summed E-state index contributed by atoms with van der Waals surface area (Å²) in [5.74, 6) is 0.172. The van der Waals surface area contributed by atoms with Crippen LogP contribution in [0.25, 0.3) is 0 Å². The lowest BCUT2D eigenvalue weighted by atomic mass is 10.0. The number of aryl methyl sites for hydroxylation is 2. The Bertz CT molecular complexity index is 862. The monoisotopic (exact) mass is 322 g/mol. The summed E-state index contributed by atoms with van der Waals surface area (Å²) in [6, 6.07) is 10.9. The predicted octanol–water partition coefficient (Wildman–Crippen LogP) is 3.00. The molecule has 0 radical (unpaired) electrons. The zero-order valence-electron chi connectivity index (χ0n) is 12.8. The van der Waals surface area contributed by atoms with Crippen molar-refractivity contribution in [2.24, 2.45) is 0 Å².